The monoisotopic (exact) mass is 430 g/mol. The summed E-state index contributed by atoms with van der Waals surface area (Å²) < 4.78 is 37.7. The molecule has 0 fully saturated rings. The maximum Gasteiger partial charge on any atom is 0.490 e. The lowest BCUT2D eigenvalue weighted by Gasteiger charge is -2.09. The zero-order chi connectivity index (χ0) is 22.4. The van der Waals surface area contributed by atoms with E-state index in [0.717, 1.165) is 22.3 Å². The van der Waals surface area contributed by atoms with Crippen LogP contribution in [0.4, 0.5) is 30.4 Å². The maximum absolute atomic E-state index is 10.6. The summed E-state index contributed by atoms with van der Waals surface area (Å²) in [5, 5.41) is 11.5. The normalized spacial score (nSPS) is 10.8. The minimum atomic E-state index is -5.08. The van der Waals surface area contributed by atoms with Gasteiger partial charge in [-0.3, -0.25) is 0 Å². The molecule has 10 heteroatoms. The van der Waals surface area contributed by atoms with Gasteiger partial charge in [-0.1, -0.05) is 6.07 Å². The number of aliphatic carboxylic acids is 1. The predicted octanol–water partition coefficient (Wildman–Crippen LogP) is 5.31. The molecule has 0 saturated heterocycles. The summed E-state index contributed by atoms with van der Waals surface area (Å²) in [6.07, 6.45) is -1.47. The third-order valence-corrected chi connectivity index (χ3v) is 3.89. The Balaban J connectivity index is 0.000000339. The molecule has 0 unspecified atom stereocenters. The number of alkyl halides is 3. The number of carbonyl (C=O) groups is 1. The summed E-state index contributed by atoms with van der Waals surface area (Å²) in [5.74, 6) is -0.567. The average Bonchev–Trinajstić information content (AvgIpc) is 3.16. The molecule has 2 heterocycles. The van der Waals surface area contributed by atoms with Crippen LogP contribution in [-0.2, 0) is 4.79 Å². The Kier molecular flexibility index (Phi) is 6.29. The van der Waals surface area contributed by atoms with E-state index in [1.807, 2.05) is 66.9 Å². The number of ether oxygens (including phenoxy) is 1. The highest BCUT2D eigenvalue weighted by molar-refractivity contribution is 5.80. The molecule has 5 N–H and O–H groups in total. The van der Waals surface area contributed by atoms with Crippen LogP contribution in [0.1, 0.15) is 0 Å². The van der Waals surface area contributed by atoms with Crippen molar-refractivity contribution in [2.45, 2.75) is 6.18 Å². The first-order valence-corrected chi connectivity index (χ1v) is 8.84. The molecule has 160 valence electrons. The third-order valence-electron chi connectivity index (χ3n) is 3.89. The maximum atomic E-state index is 10.6. The number of pyridine rings is 1. The molecule has 31 heavy (non-hydrogen) atoms. The van der Waals surface area contributed by atoms with Crippen molar-refractivity contribution in [1.29, 1.82) is 0 Å². The molecule has 0 atom stereocenters. The number of carboxylic acid groups (broad SMARTS) is 1. The summed E-state index contributed by atoms with van der Waals surface area (Å²) in [6.45, 7) is 0. The molecule has 0 saturated carbocycles. The molecule has 0 spiro atoms. The number of fused-ring (bicyclic) bond motifs is 1. The van der Waals surface area contributed by atoms with Gasteiger partial charge in [0, 0.05) is 40.7 Å². The van der Waals surface area contributed by atoms with Crippen LogP contribution in [0.2, 0.25) is 0 Å². The number of nitrogen functional groups attached to an aromatic ring is 1. The van der Waals surface area contributed by atoms with Crippen LogP contribution in [0.15, 0.2) is 73.1 Å². The molecule has 7 nitrogen and oxygen atoms in total. The number of H-pyrrole nitrogens is 1. The van der Waals surface area contributed by atoms with Crippen molar-refractivity contribution < 1.29 is 27.8 Å². The van der Waals surface area contributed by atoms with Crippen LogP contribution in [0, 0.1) is 0 Å². The number of aromatic nitrogens is 2. The fraction of sp³-hybridized carbons (Fsp3) is 0.0476. The summed E-state index contributed by atoms with van der Waals surface area (Å²) >= 11 is 0. The Morgan fingerprint density at radius 2 is 1.81 bits per heavy atom. The van der Waals surface area contributed by atoms with Gasteiger partial charge in [0.1, 0.15) is 17.3 Å². The number of hydrogen-bond acceptors (Lipinski definition) is 5. The van der Waals surface area contributed by atoms with E-state index >= 15 is 0 Å². The van der Waals surface area contributed by atoms with Crippen molar-refractivity contribution in [1.82, 2.24) is 9.97 Å². The van der Waals surface area contributed by atoms with E-state index in [9.17, 15) is 13.2 Å². The summed E-state index contributed by atoms with van der Waals surface area (Å²) in [5.41, 5.74) is 8.46. The number of rotatable bonds is 4. The fourth-order valence-corrected chi connectivity index (χ4v) is 2.54. The van der Waals surface area contributed by atoms with Gasteiger partial charge in [0.25, 0.3) is 0 Å². The summed E-state index contributed by atoms with van der Waals surface area (Å²) in [7, 11) is 0. The van der Waals surface area contributed by atoms with Crippen molar-refractivity contribution in [3.05, 3.63) is 73.1 Å². The van der Waals surface area contributed by atoms with Gasteiger partial charge in [0.05, 0.1) is 0 Å². The molecule has 2 aromatic carbocycles. The minimum Gasteiger partial charge on any atom is -0.475 e. The number of carboxylic acids is 1. The van der Waals surface area contributed by atoms with Crippen LogP contribution >= 0.6 is 0 Å². The van der Waals surface area contributed by atoms with Crippen molar-refractivity contribution in [2.24, 2.45) is 0 Å². The third kappa shape index (κ3) is 6.13. The first-order chi connectivity index (χ1) is 14.7. The number of nitrogens with one attached hydrogen (secondary N) is 2. The lowest BCUT2D eigenvalue weighted by Crippen LogP contribution is -2.21. The standard InChI is InChI=1S/C19H16N4O.C2HF3O2/c20-14-2-1-3-15(11-14)23-19-12-17(7-9-22-19)24-16-4-5-18-13(10-16)6-8-21-18;3-2(4,5)1(6)7/h1-12,21H,20H2,(H,22,23);(H,6,7). The largest absolute Gasteiger partial charge is 0.490 e. The quantitative estimate of drug-likeness (QED) is 0.326. The van der Waals surface area contributed by atoms with E-state index in [0.29, 0.717) is 17.3 Å². The first kappa shape index (κ1) is 21.5. The zero-order valence-corrected chi connectivity index (χ0v) is 15.9. The van der Waals surface area contributed by atoms with Crippen LogP contribution in [0.5, 0.6) is 11.5 Å². The Hall–Kier alpha value is -4.21. The van der Waals surface area contributed by atoms with Crippen LogP contribution in [0.25, 0.3) is 10.9 Å². The number of anilines is 3. The highest BCUT2D eigenvalue weighted by atomic mass is 19.4. The lowest BCUT2D eigenvalue weighted by atomic mass is 10.2. The molecule has 0 radical (unpaired) electrons. The molecule has 0 aliphatic rings. The Bertz CT molecular complexity index is 1190. The molecule has 0 amide bonds. The average molecular weight is 430 g/mol. The van der Waals surface area contributed by atoms with Crippen LogP contribution in [0.3, 0.4) is 0 Å². The fourth-order valence-electron chi connectivity index (χ4n) is 2.54. The number of hydrogen-bond donors (Lipinski definition) is 4. The second-order valence-electron chi connectivity index (χ2n) is 6.26. The van der Waals surface area contributed by atoms with Gasteiger partial charge in [-0.05, 0) is 48.5 Å². The topological polar surface area (TPSA) is 113 Å². The Morgan fingerprint density at radius 3 is 2.52 bits per heavy atom. The van der Waals surface area contributed by atoms with Gasteiger partial charge < -0.3 is 25.9 Å². The highest BCUT2D eigenvalue weighted by Gasteiger charge is 2.38. The second-order valence-corrected chi connectivity index (χ2v) is 6.26. The predicted molar refractivity (Wildman–Crippen MR) is 110 cm³/mol. The highest BCUT2D eigenvalue weighted by Crippen LogP contribution is 2.27. The summed E-state index contributed by atoms with van der Waals surface area (Å²) in [4.78, 5) is 16.4. The Labute approximate surface area is 174 Å². The molecule has 0 aliphatic heterocycles. The minimum absolute atomic E-state index is 0.695. The molecular weight excluding hydrogens is 413 g/mol. The number of nitrogens with two attached hydrogens (primary N) is 1. The number of nitrogens with zero attached hydrogens (tertiary/aromatic N) is 1. The first-order valence-electron chi connectivity index (χ1n) is 8.84. The van der Waals surface area contributed by atoms with Crippen molar-refractivity contribution >= 4 is 34.1 Å². The molecule has 0 aliphatic carbocycles. The molecular formula is C21H17F3N4O3. The SMILES string of the molecule is Nc1cccc(Nc2cc(Oc3ccc4[nH]ccc4c3)ccn2)c1.O=C(O)C(F)(F)F. The van der Waals surface area contributed by atoms with Crippen molar-refractivity contribution in [3.8, 4) is 11.5 Å². The van der Waals surface area contributed by atoms with E-state index in [4.69, 9.17) is 20.4 Å². The van der Waals surface area contributed by atoms with Gasteiger partial charge in [-0.2, -0.15) is 13.2 Å². The number of benzene rings is 2. The molecule has 0 bridgehead atoms. The lowest BCUT2D eigenvalue weighted by molar-refractivity contribution is -0.192. The van der Waals surface area contributed by atoms with E-state index in [2.05, 4.69) is 15.3 Å². The summed E-state index contributed by atoms with van der Waals surface area (Å²) in [6, 6.07) is 19.1. The number of aromatic amines is 1. The van der Waals surface area contributed by atoms with E-state index in [-0.39, 0.29) is 0 Å². The molecule has 4 rings (SSSR count). The molecule has 2 aromatic heterocycles. The van der Waals surface area contributed by atoms with Crippen LogP contribution in [-0.4, -0.2) is 27.2 Å². The van der Waals surface area contributed by atoms with Gasteiger partial charge in [-0.25, -0.2) is 9.78 Å². The Morgan fingerprint density at radius 1 is 1.06 bits per heavy atom. The van der Waals surface area contributed by atoms with Crippen LogP contribution < -0.4 is 15.8 Å². The van der Waals surface area contributed by atoms with E-state index < -0.39 is 12.1 Å². The zero-order valence-electron chi connectivity index (χ0n) is 15.9. The second kappa shape index (κ2) is 9.08. The van der Waals surface area contributed by atoms with Crippen molar-refractivity contribution in [2.75, 3.05) is 11.1 Å². The van der Waals surface area contributed by atoms with E-state index in [1.165, 1.54) is 0 Å². The smallest absolute Gasteiger partial charge is 0.475 e. The van der Waals surface area contributed by atoms with Gasteiger partial charge in [-0.15, -0.1) is 0 Å². The van der Waals surface area contributed by atoms with Crippen molar-refractivity contribution in [3.63, 3.8) is 0 Å². The van der Waals surface area contributed by atoms with Gasteiger partial charge in [0.15, 0.2) is 0 Å². The number of halogens is 3. The van der Waals surface area contributed by atoms with Gasteiger partial charge in [0.2, 0.25) is 0 Å². The van der Waals surface area contributed by atoms with Gasteiger partial charge >= 0.3 is 12.1 Å². The van der Waals surface area contributed by atoms with E-state index in [1.54, 1.807) is 6.20 Å². The molecule has 4 aromatic rings.